The molecular weight excluding hydrogens is 409 g/mol. The number of nitrogens with zero attached hydrogens (tertiary/aromatic N) is 3. The summed E-state index contributed by atoms with van der Waals surface area (Å²) < 4.78 is 1.82. The van der Waals surface area contributed by atoms with Gasteiger partial charge in [-0.15, -0.1) is 11.3 Å². The Bertz CT molecular complexity index is 1120. The summed E-state index contributed by atoms with van der Waals surface area (Å²) in [6, 6.07) is 11.1. The van der Waals surface area contributed by atoms with Gasteiger partial charge in [-0.3, -0.25) is 14.9 Å². The number of aryl methyl sites for hydroxylation is 1. The smallest absolute Gasteiger partial charge is 0.281 e. The Balaban J connectivity index is 2.03. The average Bonchev–Trinajstić information content (AvgIpc) is 2.89. The van der Waals surface area contributed by atoms with Gasteiger partial charge in [0.1, 0.15) is 0 Å². The fraction of sp³-hybridized carbons (Fsp3) is 0.111. The minimum atomic E-state index is -0.571. The molecule has 0 atom stereocenters. The van der Waals surface area contributed by atoms with Crippen LogP contribution in [0, 0.1) is 17.0 Å². The standard InChI is InChI=1S/C18H13Cl2N3O3S/c1-10-16(11-3-5-12(19)6-4-11)22(2)18(27-10)21-17(24)14-8-7-13(23(25)26)9-15(14)20/h3-9H,1-2H3. The fourth-order valence-electron chi connectivity index (χ4n) is 2.63. The number of carbonyl (C=O) groups is 1. The quantitative estimate of drug-likeness (QED) is 0.439. The highest BCUT2D eigenvalue weighted by atomic mass is 35.5. The van der Waals surface area contributed by atoms with E-state index in [1.165, 1.54) is 23.5 Å². The first-order chi connectivity index (χ1) is 12.8. The number of benzene rings is 2. The molecule has 0 fully saturated rings. The molecule has 3 rings (SSSR count). The van der Waals surface area contributed by atoms with E-state index < -0.39 is 10.8 Å². The minimum absolute atomic E-state index is 0.00759. The molecule has 9 heteroatoms. The zero-order chi connectivity index (χ0) is 19.7. The number of rotatable bonds is 3. The molecule has 0 spiro atoms. The van der Waals surface area contributed by atoms with Gasteiger partial charge in [0.2, 0.25) is 0 Å². The summed E-state index contributed by atoms with van der Waals surface area (Å²) in [5.74, 6) is -0.561. The van der Waals surface area contributed by atoms with Crippen molar-refractivity contribution >= 4 is 46.1 Å². The maximum absolute atomic E-state index is 12.5. The Hall–Kier alpha value is -2.48. The SMILES string of the molecule is Cc1sc(=NC(=O)c2ccc([N+](=O)[O-])cc2Cl)n(C)c1-c1ccc(Cl)cc1. The molecule has 1 heterocycles. The third-order valence-corrected chi connectivity index (χ3v) is 5.52. The zero-order valence-electron chi connectivity index (χ0n) is 14.3. The van der Waals surface area contributed by atoms with Crippen LogP contribution in [-0.2, 0) is 7.05 Å². The van der Waals surface area contributed by atoms with Crippen LogP contribution >= 0.6 is 34.5 Å². The number of aromatic nitrogens is 1. The van der Waals surface area contributed by atoms with Crippen molar-refractivity contribution < 1.29 is 9.72 Å². The molecule has 0 saturated heterocycles. The van der Waals surface area contributed by atoms with E-state index in [1.807, 2.05) is 30.7 Å². The predicted octanol–water partition coefficient (Wildman–Crippen LogP) is 5.02. The van der Waals surface area contributed by atoms with Gasteiger partial charge in [-0.05, 0) is 30.7 Å². The number of thiazole rings is 1. The van der Waals surface area contributed by atoms with Crippen LogP contribution < -0.4 is 4.80 Å². The Morgan fingerprint density at radius 1 is 1.19 bits per heavy atom. The number of hydrogen-bond donors (Lipinski definition) is 0. The molecule has 27 heavy (non-hydrogen) atoms. The van der Waals surface area contributed by atoms with Crippen LogP contribution in [0.25, 0.3) is 11.3 Å². The van der Waals surface area contributed by atoms with Crippen LogP contribution in [0.2, 0.25) is 10.0 Å². The molecule has 0 radical (unpaired) electrons. The first-order valence-corrected chi connectivity index (χ1v) is 9.30. The number of carbonyl (C=O) groups excluding carboxylic acids is 1. The van der Waals surface area contributed by atoms with Crippen molar-refractivity contribution in [2.45, 2.75) is 6.92 Å². The van der Waals surface area contributed by atoms with Crippen molar-refractivity contribution in [1.29, 1.82) is 0 Å². The number of hydrogen-bond acceptors (Lipinski definition) is 4. The minimum Gasteiger partial charge on any atom is -0.319 e. The molecule has 0 aliphatic heterocycles. The van der Waals surface area contributed by atoms with Gasteiger partial charge in [0.05, 0.1) is 21.2 Å². The molecule has 0 N–H and O–H groups in total. The van der Waals surface area contributed by atoms with Crippen LogP contribution in [-0.4, -0.2) is 15.4 Å². The predicted molar refractivity (Wildman–Crippen MR) is 106 cm³/mol. The first-order valence-electron chi connectivity index (χ1n) is 7.73. The van der Waals surface area contributed by atoms with E-state index in [2.05, 4.69) is 4.99 Å². The Morgan fingerprint density at radius 2 is 1.85 bits per heavy atom. The normalized spacial score (nSPS) is 11.6. The average molecular weight is 422 g/mol. The Kier molecular flexibility index (Phi) is 5.46. The maximum Gasteiger partial charge on any atom is 0.281 e. The van der Waals surface area contributed by atoms with Crippen LogP contribution in [0.1, 0.15) is 15.2 Å². The number of amides is 1. The second-order valence-electron chi connectivity index (χ2n) is 5.69. The molecule has 0 aliphatic rings. The third-order valence-electron chi connectivity index (χ3n) is 3.91. The molecule has 1 amide bonds. The summed E-state index contributed by atoms with van der Waals surface area (Å²) >= 11 is 13.3. The lowest BCUT2D eigenvalue weighted by atomic mass is 10.1. The summed E-state index contributed by atoms with van der Waals surface area (Å²) in [6.07, 6.45) is 0. The molecular formula is C18H13Cl2N3O3S. The molecule has 0 saturated carbocycles. The topological polar surface area (TPSA) is 77.5 Å². The van der Waals surface area contributed by atoms with E-state index in [0.717, 1.165) is 22.2 Å². The summed E-state index contributed by atoms with van der Waals surface area (Å²) in [4.78, 5) is 28.4. The van der Waals surface area contributed by atoms with Gasteiger partial charge in [-0.25, -0.2) is 0 Å². The van der Waals surface area contributed by atoms with E-state index in [0.29, 0.717) is 9.82 Å². The van der Waals surface area contributed by atoms with Crippen molar-refractivity contribution in [2.75, 3.05) is 0 Å². The highest BCUT2D eigenvalue weighted by Crippen LogP contribution is 2.26. The van der Waals surface area contributed by atoms with Gasteiger partial charge in [-0.1, -0.05) is 35.3 Å². The molecule has 3 aromatic rings. The number of halogens is 2. The molecule has 1 aromatic heterocycles. The van der Waals surface area contributed by atoms with Gasteiger partial charge in [0, 0.05) is 29.1 Å². The number of nitro groups is 1. The van der Waals surface area contributed by atoms with Gasteiger partial charge in [0.15, 0.2) is 4.80 Å². The summed E-state index contributed by atoms with van der Waals surface area (Å²) in [5.41, 5.74) is 1.82. The molecule has 2 aromatic carbocycles. The highest BCUT2D eigenvalue weighted by molar-refractivity contribution is 7.09. The first kappa shape index (κ1) is 19.3. The monoisotopic (exact) mass is 421 g/mol. The van der Waals surface area contributed by atoms with Crippen LogP contribution in [0.5, 0.6) is 0 Å². The maximum atomic E-state index is 12.5. The second kappa shape index (κ2) is 7.64. The van der Waals surface area contributed by atoms with Gasteiger partial charge < -0.3 is 4.57 Å². The van der Waals surface area contributed by atoms with Gasteiger partial charge in [-0.2, -0.15) is 4.99 Å². The lowest BCUT2D eigenvalue weighted by Gasteiger charge is -2.05. The Labute approximate surface area is 168 Å². The van der Waals surface area contributed by atoms with Crippen molar-refractivity contribution in [1.82, 2.24) is 4.57 Å². The number of nitro benzene ring substituents is 1. The molecule has 6 nitrogen and oxygen atoms in total. The van der Waals surface area contributed by atoms with E-state index >= 15 is 0 Å². The van der Waals surface area contributed by atoms with Crippen LogP contribution in [0.3, 0.4) is 0 Å². The Morgan fingerprint density at radius 3 is 2.44 bits per heavy atom. The second-order valence-corrected chi connectivity index (χ2v) is 7.72. The largest absolute Gasteiger partial charge is 0.319 e. The summed E-state index contributed by atoms with van der Waals surface area (Å²) in [5, 5.41) is 11.4. The third kappa shape index (κ3) is 3.95. The zero-order valence-corrected chi connectivity index (χ0v) is 16.6. The van der Waals surface area contributed by atoms with E-state index in [-0.39, 0.29) is 16.3 Å². The van der Waals surface area contributed by atoms with Crippen LogP contribution in [0.4, 0.5) is 5.69 Å². The summed E-state index contributed by atoms with van der Waals surface area (Å²) in [6.45, 7) is 1.94. The van der Waals surface area contributed by atoms with Crippen LogP contribution in [0.15, 0.2) is 47.5 Å². The van der Waals surface area contributed by atoms with Crippen molar-refractivity contribution in [3.8, 4) is 11.3 Å². The lowest BCUT2D eigenvalue weighted by Crippen LogP contribution is -2.14. The summed E-state index contributed by atoms with van der Waals surface area (Å²) in [7, 11) is 1.82. The van der Waals surface area contributed by atoms with Gasteiger partial charge in [0.25, 0.3) is 11.6 Å². The molecule has 0 unspecified atom stereocenters. The van der Waals surface area contributed by atoms with Gasteiger partial charge >= 0.3 is 0 Å². The van der Waals surface area contributed by atoms with E-state index in [9.17, 15) is 14.9 Å². The number of non-ortho nitro benzene ring substituents is 1. The molecule has 138 valence electrons. The lowest BCUT2D eigenvalue weighted by molar-refractivity contribution is -0.384. The van der Waals surface area contributed by atoms with Crippen molar-refractivity contribution in [3.05, 3.63) is 77.9 Å². The highest BCUT2D eigenvalue weighted by Gasteiger charge is 2.16. The molecule has 0 aliphatic carbocycles. The van der Waals surface area contributed by atoms with E-state index in [4.69, 9.17) is 23.2 Å². The van der Waals surface area contributed by atoms with Crippen molar-refractivity contribution in [2.24, 2.45) is 12.0 Å². The molecule has 0 bridgehead atoms. The fourth-order valence-corrected chi connectivity index (χ4v) is 3.99. The van der Waals surface area contributed by atoms with Crippen molar-refractivity contribution in [3.63, 3.8) is 0 Å². The van der Waals surface area contributed by atoms with E-state index in [1.54, 1.807) is 12.1 Å².